The number of aromatic nitrogens is 2. The third-order valence-corrected chi connectivity index (χ3v) is 3.24. The largest absolute Gasteiger partial charge is 0.478 e. The second-order valence-corrected chi connectivity index (χ2v) is 5.10. The van der Waals surface area contributed by atoms with Crippen LogP contribution in [0.2, 0.25) is 0 Å². The molecule has 0 fully saturated rings. The van der Waals surface area contributed by atoms with Crippen LogP contribution in [0.3, 0.4) is 0 Å². The Labute approximate surface area is 112 Å². The van der Waals surface area contributed by atoms with Crippen molar-refractivity contribution in [2.75, 3.05) is 0 Å². The van der Waals surface area contributed by atoms with Gasteiger partial charge in [-0.15, -0.1) is 0 Å². The number of benzene rings is 1. The van der Waals surface area contributed by atoms with Crippen LogP contribution in [0.1, 0.15) is 41.3 Å². The number of aromatic carboxylic acids is 1. The van der Waals surface area contributed by atoms with Crippen molar-refractivity contribution in [1.29, 1.82) is 0 Å². The fraction of sp³-hybridized carbons (Fsp3) is 0.333. The van der Waals surface area contributed by atoms with E-state index in [-0.39, 0.29) is 5.56 Å². The lowest BCUT2D eigenvalue weighted by atomic mass is 9.95. The molecule has 100 valence electrons. The van der Waals surface area contributed by atoms with Crippen molar-refractivity contribution in [3.8, 4) is 11.3 Å². The van der Waals surface area contributed by atoms with Crippen molar-refractivity contribution >= 4 is 5.97 Å². The zero-order valence-electron chi connectivity index (χ0n) is 11.6. The minimum absolute atomic E-state index is 0.242. The van der Waals surface area contributed by atoms with E-state index >= 15 is 0 Å². The Bertz CT molecular complexity index is 627. The van der Waals surface area contributed by atoms with Gasteiger partial charge in [0, 0.05) is 18.8 Å². The molecule has 0 unspecified atom stereocenters. The van der Waals surface area contributed by atoms with Gasteiger partial charge in [0.1, 0.15) is 11.3 Å². The Balaban J connectivity index is 2.64. The van der Waals surface area contributed by atoms with Crippen LogP contribution in [0.5, 0.6) is 0 Å². The Kier molecular flexibility index (Phi) is 3.42. The van der Waals surface area contributed by atoms with Gasteiger partial charge in [-0.3, -0.25) is 4.68 Å². The van der Waals surface area contributed by atoms with Crippen molar-refractivity contribution in [3.63, 3.8) is 0 Å². The van der Waals surface area contributed by atoms with Crippen LogP contribution in [0.25, 0.3) is 11.3 Å². The molecule has 0 spiro atoms. The Morgan fingerprint density at radius 1 is 1.37 bits per heavy atom. The number of hydrogen-bond donors (Lipinski definition) is 1. The number of aryl methyl sites for hydroxylation is 2. The Hall–Kier alpha value is -2.10. The summed E-state index contributed by atoms with van der Waals surface area (Å²) < 4.78 is 1.54. The molecule has 0 atom stereocenters. The maximum atomic E-state index is 11.3. The van der Waals surface area contributed by atoms with Crippen LogP contribution in [0.15, 0.2) is 24.4 Å². The molecule has 0 aliphatic heterocycles. The molecule has 2 aromatic rings. The molecule has 19 heavy (non-hydrogen) atoms. The van der Waals surface area contributed by atoms with Gasteiger partial charge in [0.15, 0.2) is 0 Å². The summed E-state index contributed by atoms with van der Waals surface area (Å²) >= 11 is 0. The normalized spacial score (nSPS) is 11.0. The number of carboxylic acid groups (broad SMARTS) is 1. The lowest BCUT2D eigenvalue weighted by molar-refractivity contribution is 0.0697. The van der Waals surface area contributed by atoms with E-state index in [4.69, 9.17) is 0 Å². The van der Waals surface area contributed by atoms with E-state index in [1.807, 2.05) is 19.1 Å². The van der Waals surface area contributed by atoms with E-state index in [9.17, 15) is 9.90 Å². The van der Waals surface area contributed by atoms with Crippen molar-refractivity contribution in [2.45, 2.75) is 26.7 Å². The highest BCUT2D eigenvalue weighted by Crippen LogP contribution is 2.28. The molecule has 2 rings (SSSR count). The summed E-state index contributed by atoms with van der Waals surface area (Å²) in [6.45, 7) is 6.20. The van der Waals surface area contributed by atoms with E-state index in [1.165, 1.54) is 5.56 Å². The van der Waals surface area contributed by atoms with E-state index in [2.05, 4.69) is 25.0 Å². The van der Waals surface area contributed by atoms with E-state index < -0.39 is 5.97 Å². The quantitative estimate of drug-likeness (QED) is 0.919. The minimum atomic E-state index is -0.947. The van der Waals surface area contributed by atoms with Gasteiger partial charge in [0.2, 0.25) is 0 Å². The first-order valence-electron chi connectivity index (χ1n) is 6.28. The third kappa shape index (κ3) is 2.52. The van der Waals surface area contributed by atoms with Crippen molar-refractivity contribution in [1.82, 2.24) is 9.78 Å². The summed E-state index contributed by atoms with van der Waals surface area (Å²) in [6.07, 6.45) is 1.54. The van der Waals surface area contributed by atoms with Crippen LogP contribution in [-0.2, 0) is 7.05 Å². The first-order valence-corrected chi connectivity index (χ1v) is 6.28. The molecule has 0 saturated carbocycles. The van der Waals surface area contributed by atoms with Gasteiger partial charge < -0.3 is 5.11 Å². The summed E-state index contributed by atoms with van der Waals surface area (Å²) in [5.74, 6) is -0.547. The first kappa shape index (κ1) is 13.3. The molecule has 0 aliphatic rings. The zero-order chi connectivity index (χ0) is 14.2. The van der Waals surface area contributed by atoms with E-state index in [0.29, 0.717) is 11.6 Å². The van der Waals surface area contributed by atoms with Crippen LogP contribution in [-0.4, -0.2) is 20.9 Å². The standard InChI is InChI=1S/C15H18N2O2/c1-9(2)11-6-5-10(3)12(7-11)14-13(15(18)19)8-17(4)16-14/h5-9H,1-4H3,(H,18,19). The third-order valence-electron chi connectivity index (χ3n) is 3.24. The SMILES string of the molecule is Cc1ccc(C(C)C)cc1-c1nn(C)cc1C(=O)O. The van der Waals surface area contributed by atoms with Gasteiger partial charge in [-0.05, 0) is 30.0 Å². The van der Waals surface area contributed by atoms with Gasteiger partial charge in [-0.1, -0.05) is 26.0 Å². The van der Waals surface area contributed by atoms with Gasteiger partial charge in [0.25, 0.3) is 0 Å². The summed E-state index contributed by atoms with van der Waals surface area (Å²) in [4.78, 5) is 11.3. The summed E-state index contributed by atoms with van der Waals surface area (Å²) in [7, 11) is 1.73. The highest BCUT2D eigenvalue weighted by Gasteiger charge is 2.18. The fourth-order valence-electron chi connectivity index (χ4n) is 2.10. The smallest absolute Gasteiger partial charge is 0.339 e. The lowest BCUT2D eigenvalue weighted by Gasteiger charge is -2.10. The fourth-order valence-corrected chi connectivity index (χ4v) is 2.10. The maximum Gasteiger partial charge on any atom is 0.339 e. The molecule has 1 aromatic carbocycles. The van der Waals surface area contributed by atoms with Gasteiger partial charge in [-0.2, -0.15) is 5.10 Å². The average Bonchev–Trinajstić information content (AvgIpc) is 2.71. The average molecular weight is 258 g/mol. The number of rotatable bonds is 3. The van der Waals surface area contributed by atoms with Crippen molar-refractivity contribution in [3.05, 3.63) is 41.1 Å². The molecule has 4 heteroatoms. The minimum Gasteiger partial charge on any atom is -0.478 e. The number of nitrogens with zero attached hydrogens (tertiary/aromatic N) is 2. The van der Waals surface area contributed by atoms with Crippen molar-refractivity contribution in [2.24, 2.45) is 7.05 Å². The second-order valence-electron chi connectivity index (χ2n) is 5.10. The molecule has 0 saturated heterocycles. The van der Waals surface area contributed by atoms with Crippen molar-refractivity contribution < 1.29 is 9.90 Å². The zero-order valence-corrected chi connectivity index (χ0v) is 11.6. The predicted octanol–water partition coefficient (Wildman–Crippen LogP) is 3.22. The van der Waals surface area contributed by atoms with Gasteiger partial charge in [-0.25, -0.2) is 4.79 Å². The monoisotopic (exact) mass is 258 g/mol. The molecule has 0 bridgehead atoms. The number of carbonyl (C=O) groups is 1. The first-order chi connectivity index (χ1) is 8.90. The molecular formula is C15H18N2O2. The lowest BCUT2D eigenvalue weighted by Crippen LogP contribution is -1.99. The van der Waals surface area contributed by atoms with E-state index in [1.54, 1.807) is 17.9 Å². The molecule has 1 N–H and O–H groups in total. The molecular weight excluding hydrogens is 240 g/mol. The summed E-state index contributed by atoms with van der Waals surface area (Å²) in [5.41, 5.74) is 3.89. The van der Waals surface area contributed by atoms with Crippen LogP contribution in [0, 0.1) is 6.92 Å². The van der Waals surface area contributed by atoms with Crippen LogP contribution >= 0.6 is 0 Å². The number of carboxylic acids is 1. The van der Waals surface area contributed by atoms with Crippen LogP contribution in [0.4, 0.5) is 0 Å². The molecule has 1 heterocycles. The topological polar surface area (TPSA) is 55.1 Å². The molecule has 4 nitrogen and oxygen atoms in total. The highest BCUT2D eigenvalue weighted by atomic mass is 16.4. The summed E-state index contributed by atoms with van der Waals surface area (Å²) in [5, 5.41) is 13.6. The van der Waals surface area contributed by atoms with Gasteiger partial charge >= 0.3 is 5.97 Å². The second kappa shape index (κ2) is 4.88. The Morgan fingerprint density at radius 3 is 2.63 bits per heavy atom. The number of hydrogen-bond acceptors (Lipinski definition) is 2. The molecule has 0 amide bonds. The predicted molar refractivity (Wildman–Crippen MR) is 74.4 cm³/mol. The molecule has 0 radical (unpaired) electrons. The highest BCUT2D eigenvalue weighted by molar-refractivity contribution is 5.95. The molecule has 0 aliphatic carbocycles. The van der Waals surface area contributed by atoms with Gasteiger partial charge in [0.05, 0.1) is 0 Å². The summed E-state index contributed by atoms with van der Waals surface area (Å²) in [6, 6.07) is 6.13. The molecule has 1 aromatic heterocycles. The maximum absolute atomic E-state index is 11.3. The van der Waals surface area contributed by atoms with Crippen LogP contribution < -0.4 is 0 Å². The Morgan fingerprint density at radius 2 is 2.05 bits per heavy atom. The van der Waals surface area contributed by atoms with E-state index in [0.717, 1.165) is 11.1 Å².